The van der Waals surface area contributed by atoms with E-state index in [-0.39, 0.29) is 12.3 Å². The summed E-state index contributed by atoms with van der Waals surface area (Å²) in [5.74, 6) is -2.07. The predicted molar refractivity (Wildman–Crippen MR) is 51.0 cm³/mol. The second-order valence-electron chi connectivity index (χ2n) is 4.73. The van der Waals surface area contributed by atoms with Gasteiger partial charge in [0.05, 0.1) is 0 Å². The van der Waals surface area contributed by atoms with Crippen LogP contribution in [0.3, 0.4) is 0 Å². The monoisotopic (exact) mass is 187 g/mol. The molecular weight excluding hydrogens is 171 g/mol. The molecule has 1 saturated heterocycles. The van der Waals surface area contributed by atoms with Crippen LogP contribution in [0, 0.1) is 11.8 Å². The predicted octanol–water partition coefficient (Wildman–Crippen LogP) is 1.01. The zero-order chi connectivity index (χ0) is 9.64. The van der Waals surface area contributed by atoms with Crippen molar-refractivity contribution in [3.63, 3.8) is 0 Å². The highest BCUT2D eigenvalue weighted by molar-refractivity contribution is 6.12. The van der Waals surface area contributed by atoms with Crippen LogP contribution in [-0.4, -0.2) is 38.8 Å². The first-order valence-corrected chi connectivity index (χ1v) is 5.07. The van der Waals surface area contributed by atoms with Gasteiger partial charge in [-0.15, -0.1) is 0 Å². The third kappa shape index (κ3) is 1.49. The minimum absolute atomic E-state index is 0.100. The van der Waals surface area contributed by atoms with Gasteiger partial charge in [-0.3, -0.25) is 0 Å². The quantitative estimate of drug-likeness (QED) is 0.511. The molecule has 0 bridgehead atoms. The van der Waals surface area contributed by atoms with Crippen LogP contribution >= 0.6 is 0 Å². The van der Waals surface area contributed by atoms with E-state index < -0.39 is 11.7 Å². The van der Waals surface area contributed by atoms with Gasteiger partial charge in [-0.25, -0.2) is 8.78 Å². The van der Waals surface area contributed by atoms with Crippen molar-refractivity contribution in [2.45, 2.75) is 24.6 Å². The first-order valence-electron chi connectivity index (χ1n) is 5.07. The van der Waals surface area contributed by atoms with Crippen LogP contribution in [0.1, 0.15) is 12.8 Å². The number of alkyl halides is 2. The van der Waals surface area contributed by atoms with Gasteiger partial charge in [0, 0.05) is 19.5 Å². The van der Waals surface area contributed by atoms with E-state index in [0.29, 0.717) is 12.3 Å². The average molecular weight is 187 g/mol. The number of hydrogen-bond donors (Lipinski definition) is 0. The minimum Gasteiger partial charge on any atom is -0.306 e. The molecule has 2 fully saturated rings. The van der Waals surface area contributed by atoms with Gasteiger partial charge in [0.25, 0.3) is 0 Å². The molecule has 1 heterocycles. The van der Waals surface area contributed by atoms with Crippen molar-refractivity contribution in [2.75, 3.05) is 20.1 Å². The number of nitrogens with zero attached hydrogens (tertiary/aromatic N) is 1. The fourth-order valence-electron chi connectivity index (χ4n) is 2.91. The smallest absolute Gasteiger partial charge is 0.244 e. The lowest BCUT2D eigenvalue weighted by atomic mass is 9.62. The van der Waals surface area contributed by atoms with Gasteiger partial charge in [-0.1, -0.05) is 0 Å². The van der Waals surface area contributed by atoms with Crippen molar-refractivity contribution in [3.8, 4) is 0 Å². The van der Waals surface area contributed by atoms with E-state index in [2.05, 4.69) is 4.90 Å². The maximum atomic E-state index is 13.3. The van der Waals surface area contributed by atoms with Gasteiger partial charge >= 0.3 is 0 Å². The van der Waals surface area contributed by atoms with Crippen LogP contribution in [0.4, 0.5) is 8.78 Å². The summed E-state index contributed by atoms with van der Waals surface area (Å²) in [6.45, 7) is 1.88. The molecule has 13 heavy (non-hydrogen) atoms. The molecule has 3 atom stereocenters. The molecule has 1 aliphatic heterocycles. The van der Waals surface area contributed by atoms with Crippen molar-refractivity contribution >= 4 is 7.85 Å². The molecule has 0 amide bonds. The summed E-state index contributed by atoms with van der Waals surface area (Å²) in [5.41, 5.74) is 0. The molecule has 0 aromatic rings. The SMILES string of the molecule is BC1C2CN(C)CC2CCC1(F)F. The van der Waals surface area contributed by atoms with Crippen molar-refractivity contribution in [1.82, 2.24) is 4.90 Å². The number of rotatable bonds is 0. The molecule has 2 rings (SSSR count). The van der Waals surface area contributed by atoms with E-state index in [4.69, 9.17) is 0 Å². The van der Waals surface area contributed by atoms with Crippen molar-refractivity contribution in [3.05, 3.63) is 0 Å². The van der Waals surface area contributed by atoms with Crippen LogP contribution in [0.5, 0.6) is 0 Å². The Morgan fingerprint density at radius 1 is 1.38 bits per heavy atom. The molecule has 1 saturated carbocycles. The summed E-state index contributed by atoms with van der Waals surface area (Å²) in [7, 11) is 3.75. The van der Waals surface area contributed by atoms with Crippen molar-refractivity contribution in [1.29, 1.82) is 0 Å². The summed E-state index contributed by atoms with van der Waals surface area (Å²) in [5, 5.41) is 0. The summed E-state index contributed by atoms with van der Waals surface area (Å²) < 4.78 is 26.7. The largest absolute Gasteiger partial charge is 0.306 e. The van der Waals surface area contributed by atoms with E-state index in [9.17, 15) is 8.78 Å². The molecular formula is C9H16BF2N. The van der Waals surface area contributed by atoms with Crippen molar-refractivity contribution < 1.29 is 8.78 Å². The molecule has 3 unspecified atom stereocenters. The van der Waals surface area contributed by atoms with Crippen LogP contribution in [0.25, 0.3) is 0 Å². The van der Waals surface area contributed by atoms with E-state index in [1.54, 1.807) is 7.85 Å². The second-order valence-corrected chi connectivity index (χ2v) is 4.73. The molecule has 4 heteroatoms. The minimum atomic E-state index is -2.41. The fourth-order valence-corrected chi connectivity index (χ4v) is 2.91. The fraction of sp³-hybridized carbons (Fsp3) is 1.00. The summed E-state index contributed by atoms with van der Waals surface area (Å²) in [4.78, 5) is 2.19. The van der Waals surface area contributed by atoms with Crippen LogP contribution in [0.15, 0.2) is 0 Å². The lowest BCUT2D eigenvalue weighted by Gasteiger charge is -2.37. The average Bonchev–Trinajstić information content (AvgIpc) is 2.40. The molecule has 0 spiro atoms. The van der Waals surface area contributed by atoms with Crippen LogP contribution < -0.4 is 0 Å². The molecule has 0 aromatic heterocycles. The van der Waals surface area contributed by atoms with Gasteiger partial charge in [0.2, 0.25) is 5.92 Å². The Balaban J connectivity index is 2.13. The molecule has 74 valence electrons. The first-order chi connectivity index (χ1) is 6.00. The topological polar surface area (TPSA) is 3.24 Å². The first kappa shape index (κ1) is 9.44. The zero-order valence-corrected chi connectivity index (χ0v) is 8.26. The standard InChI is InChI=1S/C9H16BF2N/c1-13-4-6-2-3-9(11,12)8(10)7(6)5-13/h6-8H,2-5,10H2,1H3. The van der Waals surface area contributed by atoms with Gasteiger partial charge < -0.3 is 4.90 Å². The lowest BCUT2D eigenvalue weighted by Crippen LogP contribution is -2.38. The van der Waals surface area contributed by atoms with E-state index in [1.807, 2.05) is 7.05 Å². The maximum Gasteiger partial charge on any atom is 0.244 e. The van der Waals surface area contributed by atoms with Crippen LogP contribution in [-0.2, 0) is 0 Å². The van der Waals surface area contributed by atoms with E-state index in [1.165, 1.54) is 0 Å². The van der Waals surface area contributed by atoms with Gasteiger partial charge in [0.1, 0.15) is 7.85 Å². The molecule has 0 N–H and O–H groups in total. The Hall–Kier alpha value is -0.115. The Bertz CT molecular complexity index is 210. The molecule has 1 aliphatic carbocycles. The number of likely N-dealkylation sites (tertiary alicyclic amines) is 1. The van der Waals surface area contributed by atoms with Crippen LogP contribution in [0.2, 0.25) is 5.82 Å². The zero-order valence-electron chi connectivity index (χ0n) is 8.26. The van der Waals surface area contributed by atoms with E-state index >= 15 is 0 Å². The van der Waals surface area contributed by atoms with Gasteiger partial charge in [0.15, 0.2) is 0 Å². The van der Waals surface area contributed by atoms with E-state index in [0.717, 1.165) is 13.1 Å². The highest BCUT2D eigenvalue weighted by Crippen LogP contribution is 2.49. The van der Waals surface area contributed by atoms with Crippen molar-refractivity contribution in [2.24, 2.45) is 11.8 Å². The summed E-state index contributed by atoms with van der Waals surface area (Å²) >= 11 is 0. The Kier molecular flexibility index (Phi) is 2.14. The maximum absolute atomic E-state index is 13.3. The molecule has 0 radical (unpaired) electrons. The lowest BCUT2D eigenvalue weighted by molar-refractivity contribution is -0.0587. The number of hydrogen-bond acceptors (Lipinski definition) is 1. The number of fused-ring (bicyclic) bond motifs is 1. The van der Waals surface area contributed by atoms with Gasteiger partial charge in [-0.05, 0) is 31.1 Å². The number of halogens is 2. The normalized spacial score (nSPS) is 44.7. The third-order valence-corrected chi connectivity index (χ3v) is 3.83. The Morgan fingerprint density at radius 2 is 2.08 bits per heavy atom. The molecule has 0 aromatic carbocycles. The summed E-state index contributed by atoms with van der Waals surface area (Å²) in [6, 6.07) is 0. The Morgan fingerprint density at radius 3 is 2.77 bits per heavy atom. The summed E-state index contributed by atoms with van der Waals surface area (Å²) in [6.07, 6.45) is 0.815. The molecule has 1 nitrogen and oxygen atoms in total. The highest BCUT2D eigenvalue weighted by atomic mass is 19.3. The van der Waals surface area contributed by atoms with Gasteiger partial charge in [-0.2, -0.15) is 0 Å². The second kappa shape index (κ2) is 2.94. The Labute approximate surface area is 78.9 Å². The highest BCUT2D eigenvalue weighted by Gasteiger charge is 2.50. The molecule has 2 aliphatic rings. The third-order valence-electron chi connectivity index (χ3n) is 3.83.